The third-order valence-electron chi connectivity index (χ3n) is 7.20. The summed E-state index contributed by atoms with van der Waals surface area (Å²) < 4.78 is 22.0. The number of carbonyl (C=O) groups is 3. The number of imide groups is 1. The Labute approximate surface area is 249 Å². The highest BCUT2D eigenvalue weighted by atomic mass is 16.7. The van der Waals surface area contributed by atoms with Gasteiger partial charge in [-0.3, -0.25) is 9.59 Å². The molecule has 0 radical (unpaired) electrons. The van der Waals surface area contributed by atoms with E-state index in [1.54, 1.807) is 43.9 Å². The predicted molar refractivity (Wildman–Crippen MR) is 161 cm³/mol. The lowest BCUT2D eigenvalue weighted by Crippen LogP contribution is -2.42. The van der Waals surface area contributed by atoms with Gasteiger partial charge in [0.15, 0.2) is 17.2 Å². The Kier molecular flexibility index (Phi) is 7.59. The number of aromatic amines is 1. The van der Waals surface area contributed by atoms with Crippen molar-refractivity contribution in [1.82, 2.24) is 10.0 Å². The van der Waals surface area contributed by atoms with Crippen LogP contribution >= 0.6 is 0 Å². The zero-order valence-electron chi connectivity index (χ0n) is 25.5. The second kappa shape index (κ2) is 11.0. The van der Waals surface area contributed by atoms with Gasteiger partial charge in [0, 0.05) is 36.2 Å². The first-order chi connectivity index (χ1) is 20.4. The van der Waals surface area contributed by atoms with Crippen molar-refractivity contribution in [1.29, 1.82) is 0 Å². The number of rotatable bonds is 6. The van der Waals surface area contributed by atoms with E-state index in [1.807, 2.05) is 31.2 Å². The average molecular weight is 590 g/mol. The lowest BCUT2D eigenvalue weighted by molar-refractivity contribution is -0.150. The number of hydroxylamine groups is 2. The van der Waals surface area contributed by atoms with Crippen LogP contribution in [0.25, 0.3) is 21.7 Å². The SMILES string of the molecule is COc1cc2cc(C(=O)N3C[C@@H](C)c4c3cc(ON(C(C)=O)C(=O)OC(C)(C)C)c3ccccc43)[nH]c2c(OC)c1OC. The summed E-state index contributed by atoms with van der Waals surface area (Å²) in [6.45, 7) is 8.76. The molecule has 2 heterocycles. The van der Waals surface area contributed by atoms with Crippen LogP contribution in [0.15, 0.2) is 42.5 Å². The number of hydrogen-bond acceptors (Lipinski definition) is 8. The minimum Gasteiger partial charge on any atom is -0.493 e. The third kappa shape index (κ3) is 5.26. The highest BCUT2D eigenvalue weighted by Gasteiger charge is 2.35. The fourth-order valence-electron chi connectivity index (χ4n) is 5.46. The number of aromatic nitrogens is 1. The maximum absolute atomic E-state index is 14.1. The number of nitrogens with zero attached hydrogens (tertiary/aromatic N) is 2. The Morgan fingerprint density at radius 1 is 0.930 bits per heavy atom. The van der Waals surface area contributed by atoms with Crippen molar-refractivity contribution in [3.05, 3.63) is 53.7 Å². The quantitative estimate of drug-likeness (QED) is 0.265. The first-order valence-electron chi connectivity index (χ1n) is 13.8. The van der Waals surface area contributed by atoms with Gasteiger partial charge in [0.1, 0.15) is 11.3 Å². The minimum absolute atomic E-state index is 0.00762. The van der Waals surface area contributed by atoms with Gasteiger partial charge in [-0.1, -0.05) is 36.3 Å². The van der Waals surface area contributed by atoms with Gasteiger partial charge >= 0.3 is 6.09 Å². The van der Waals surface area contributed by atoms with Gasteiger partial charge in [-0.05, 0) is 43.9 Å². The molecule has 0 spiro atoms. The second-order valence-corrected chi connectivity index (χ2v) is 11.3. The Balaban J connectivity index is 1.60. The normalized spacial score (nSPS) is 14.4. The minimum atomic E-state index is -0.941. The number of benzene rings is 3. The van der Waals surface area contributed by atoms with Crippen LogP contribution < -0.4 is 23.9 Å². The molecule has 0 fully saturated rings. The lowest BCUT2D eigenvalue weighted by atomic mass is 9.95. The molecule has 0 saturated carbocycles. The topological polar surface area (TPSA) is 120 Å². The maximum Gasteiger partial charge on any atom is 0.451 e. The van der Waals surface area contributed by atoms with Gasteiger partial charge in [-0.25, -0.2) is 4.79 Å². The number of H-pyrrole nitrogens is 1. The van der Waals surface area contributed by atoms with Gasteiger partial charge in [0.05, 0.1) is 32.5 Å². The molecule has 0 aliphatic carbocycles. The van der Waals surface area contributed by atoms with Crippen LogP contribution in [0.2, 0.25) is 0 Å². The number of amides is 3. The first kappa shape index (κ1) is 29.6. The molecular weight excluding hydrogens is 554 g/mol. The fraction of sp³-hybridized carbons (Fsp3) is 0.344. The number of fused-ring (bicyclic) bond motifs is 4. The smallest absolute Gasteiger partial charge is 0.451 e. The molecule has 11 heteroatoms. The summed E-state index contributed by atoms with van der Waals surface area (Å²) in [5.74, 6) is 0.586. The summed E-state index contributed by atoms with van der Waals surface area (Å²) in [5, 5.41) is 2.83. The van der Waals surface area contributed by atoms with Crippen molar-refractivity contribution in [2.24, 2.45) is 0 Å². The molecule has 1 N–H and O–H groups in total. The van der Waals surface area contributed by atoms with E-state index >= 15 is 0 Å². The van der Waals surface area contributed by atoms with E-state index in [0.717, 1.165) is 10.9 Å². The van der Waals surface area contributed by atoms with Crippen molar-refractivity contribution in [3.8, 4) is 23.0 Å². The highest BCUT2D eigenvalue weighted by Crippen LogP contribution is 2.47. The van der Waals surface area contributed by atoms with Gasteiger partial charge in [-0.15, -0.1) is 0 Å². The second-order valence-electron chi connectivity index (χ2n) is 11.3. The van der Waals surface area contributed by atoms with E-state index in [1.165, 1.54) is 28.3 Å². The lowest BCUT2D eigenvalue weighted by Gasteiger charge is -2.26. The number of anilines is 1. The molecule has 1 aliphatic heterocycles. The fourth-order valence-corrected chi connectivity index (χ4v) is 5.46. The third-order valence-corrected chi connectivity index (χ3v) is 7.20. The van der Waals surface area contributed by atoms with Crippen LogP contribution in [-0.4, -0.2) is 61.4 Å². The summed E-state index contributed by atoms with van der Waals surface area (Å²) in [6.07, 6.45) is -0.941. The number of carbonyl (C=O) groups excluding carboxylic acids is 3. The van der Waals surface area contributed by atoms with Crippen molar-refractivity contribution < 1.29 is 38.2 Å². The Bertz CT molecular complexity index is 1750. The van der Waals surface area contributed by atoms with Crippen molar-refractivity contribution >= 4 is 45.3 Å². The van der Waals surface area contributed by atoms with E-state index < -0.39 is 17.6 Å². The molecule has 1 aliphatic rings. The van der Waals surface area contributed by atoms with Crippen LogP contribution in [0, 0.1) is 0 Å². The largest absolute Gasteiger partial charge is 0.493 e. The molecule has 5 rings (SSSR count). The van der Waals surface area contributed by atoms with Crippen LogP contribution in [0.1, 0.15) is 56.6 Å². The van der Waals surface area contributed by atoms with Gasteiger partial charge in [0.25, 0.3) is 11.8 Å². The molecule has 0 unspecified atom stereocenters. The summed E-state index contributed by atoms with van der Waals surface area (Å²) in [7, 11) is 4.57. The highest BCUT2D eigenvalue weighted by molar-refractivity contribution is 6.12. The molecular formula is C32H35N3O8. The van der Waals surface area contributed by atoms with Gasteiger partial charge in [0.2, 0.25) is 5.75 Å². The van der Waals surface area contributed by atoms with E-state index in [0.29, 0.717) is 56.5 Å². The molecule has 0 saturated heterocycles. The molecule has 226 valence electrons. The van der Waals surface area contributed by atoms with Crippen LogP contribution in [0.4, 0.5) is 10.5 Å². The molecule has 3 aromatic carbocycles. The van der Waals surface area contributed by atoms with E-state index in [-0.39, 0.29) is 17.6 Å². The van der Waals surface area contributed by atoms with E-state index in [9.17, 15) is 14.4 Å². The average Bonchev–Trinajstić information content (AvgIpc) is 3.53. The summed E-state index contributed by atoms with van der Waals surface area (Å²) in [6, 6.07) is 12.7. The van der Waals surface area contributed by atoms with Crippen LogP contribution in [0.5, 0.6) is 23.0 Å². The van der Waals surface area contributed by atoms with Crippen molar-refractivity contribution in [3.63, 3.8) is 0 Å². The van der Waals surface area contributed by atoms with Crippen molar-refractivity contribution in [2.75, 3.05) is 32.8 Å². The predicted octanol–water partition coefficient (Wildman–Crippen LogP) is 6.19. The number of hydrogen-bond donors (Lipinski definition) is 1. The molecule has 0 bridgehead atoms. The molecule has 43 heavy (non-hydrogen) atoms. The molecule has 1 atom stereocenters. The molecule has 4 aromatic rings. The first-order valence-corrected chi connectivity index (χ1v) is 13.8. The van der Waals surface area contributed by atoms with Crippen LogP contribution in [0.3, 0.4) is 0 Å². The zero-order valence-corrected chi connectivity index (χ0v) is 25.5. The molecule has 1 aromatic heterocycles. The summed E-state index contributed by atoms with van der Waals surface area (Å²) in [4.78, 5) is 50.3. The monoisotopic (exact) mass is 589 g/mol. The standard InChI is InChI=1S/C32H35N3O8/c1-17-16-34(30(37)22-13-19-14-25(39-6)28(40-7)29(41-8)27(19)33-22)23-15-24(20-11-9-10-12-21(20)26(17)23)43-35(18(2)36)31(38)42-32(3,4)5/h9-15,17,33H,16H2,1-8H3/t17-/m1/s1. The zero-order chi connectivity index (χ0) is 31.2. The Hall–Kier alpha value is -4.93. The van der Waals surface area contributed by atoms with Gasteiger partial charge in [-0.2, -0.15) is 0 Å². The van der Waals surface area contributed by atoms with E-state index in [4.69, 9.17) is 23.8 Å². The van der Waals surface area contributed by atoms with E-state index in [2.05, 4.69) is 4.98 Å². The summed E-state index contributed by atoms with van der Waals surface area (Å²) in [5.41, 5.74) is 1.65. The number of methoxy groups -OCH3 is 3. The maximum atomic E-state index is 14.1. The van der Waals surface area contributed by atoms with Gasteiger partial charge < -0.3 is 33.7 Å². The Morgan fingerprint density at radius 2 is 1.60 bits per heavy atom. The summed E-state index contributed by atoms with van der Waals surface area (Å²) >= 11 is 0. The van der Waals surface area contributed by atoms with Crippen LogP contribution in [-0.2, 0) is 9.53 Å². The molecule has 11 nitrogen and oxygen atoms in total. The Morgan fingerprint density at radius 3 is 2.21 bits per heavy atom. The van der Waals surface area contributed by atoms with Crippen molar-refractivity contribution in [2.45, 2.75) is 46.1 Å². The molecule has 3 amide bonds. The number of ether oxygens (including phenoxy) is 4. The number of nitrogens with one attached hydrogen (secondary N) is 1.